The minimum absolute atomic E-state index is 0.243. The Kier molecular flexibility index (Phi) is 3.11. The summed E-state index contributed by atoms with van der Waals surface area (Å²) < 4.78 is 5.08. The van der Waals surface area contributed by atoms with Crippen molar-refractivity contribution in [3.05, 3.63) is 35.7 Å². The topological polar surface area (TPSA) is 89.7 Å². The van der Waals surface area contributed by atoms with Crippen molar-refractivity contribution < 1.29 is 4.74 Å². The van der Waals surface area contributed by atoms with Crippen molar-refractivity contribution in [2.24, 2.45) is 5.73 Å². The van der Waals surface area contributed by atoms with Crippen LogP contribution in [0.15, 0.2) is 24.3 Å². The van der Waals surface area contributed by atoms with Crippen molar-refractivity contribution in [1.82, 2.24) is 20.6 Å². The van der Waals surface area contributed by atoms with Crippen LogP contribution < -0.4 is 10.5 Å². The van der Waals surface area contributed by atoms with Crippen LogP contribution in [0.1, 0.15) is 17.4 Å². The molecule has 6 nitrogen and oxygen atoms in total. The second kappa shape index (κ2) is 4.71. The lowest BCUT2D eigenvalue weighted by Gasteiger charge is -2.07. The van der Waals surface area contributed by atoms with Crippen molar-refractivity contribution in [1.29, 1.82) is 0 Å². The summed E-state index contributed by atoms with van der Waals surface area (Å²) in [6.45, 7) is 0. The first-order valence-electron chi connectivity index (χ1n) is 4.91. The van der Waals surface area contributed by atoms with Gasteiger partial charge in [-0.15, -0.1) is 10.2 Å². The van der Waals surface area contributed by atoms with Crippen LogP contribution in [0, 0.1) is 0 Å². The molecule has 1 aromatic carbocycles. The first kappa shape index (κ1) is 10.6. The van der Waals surface area contributed by atoms with E-state index in [9.17, 15) is 0 Å². The molecule has 0 spiro atoms. The van der Waals surface area contributed by atoms with E-state index in [1.807, 2.05) is 24.3 Å². The fourth-order valence-corrected chi connectivity index (χ4v) is 1.43. The molecule has 0 radical (unpaired) electrons. The zero-order valence-corrected chi connectivity index (χ0v) is 8.92. The number of methoxy groups -OCH3 is 1. The number of H-pyrrole nitrogens is 1. The molecule has 16 heavy (non-hydrogen) atoms. The Hall–Kier alpha value is -1.95. The van der Waals surface area contributed by atoms with Crippen LogP contribution in [0.2, 0.25) is 0 Å². The third-order valence-corrected chi connectivity index (χ3v) is 2.31. The van der Waals surface area contributed by atoms with Crippen LogP contribution in [0.25, 0.3) is 0 Å². The van der Waals surface area contributed by atoms with E-state index in [2.05, 4.69) is 20.6 Å². The maximum Gasteiger partial charge on any atom is 0.191 e. The van der Waals surface area contributed by atoms with Gasteiger partial charge in [-0.1, -0.05) is 17.3 Å². The molecule has 84 valence electrons. The summed E-state index contributed by atoms with van der Waals surface area (Å²) >= 11 is 0. The van der Waals surface area contributed by atoms with Crippen LogP contribution >= 0.6 is 0 Å². The monoisotopic (exact) mass is 219 g/mol. The average Bonchev–Trinajstić information content (AvgIpc) is 2.83. The van der Waals surface area contributed by atoms with Gasteiger partial charge >= 0.3 is 0 Å². The molecule has 2 rings (SSSR count). The number of aromatic nitrogens is 4. The van der Waals surface area contributed by atoms with Crippen molar-refractivity contribution >= 4 is 0 Å². The number of nitrogens with two attached hydrogens (primary N) is 1. The number of hydrogen-bond acceptors (Lipinski definition) is 5. The van der Waals surface area contributed by atoms with E-state index >= 15 is 0 Å². The third kappa shape index (κ3) is 2.34. The van der Waals surface area contributed by atoms with Crippen LogP contribution in [-0.4, -0.2) is 27.7 Å². The second-order valence-electron chi connectivity index (χ2n) is 3.43. The number of nitrogens with zero attached hydrogens (tertiary/aromatic N) is 3. The zero-order chi connectivity index (χ0) is 11.4. The van der Waals surface area contributed by atoms with Crippen LogP contribution in [0.5, 0.6) is 5.75 Å². The van der Waals surface area contributed by atoms with Crippen molar-refractivity contribution in [2.45, 2.75) is 12.5 Å². The molecule has 1 unspecified atom stereocenters. The molecule has 0 aliphatic rings. The van der Waals surface area contributed by atoms with Gasteiger partial charge in [0, 0.05) is 0 Å². The van der Waals surface area contributed by atoms with Gasteiger partial charge in [0.05, 0.1) is 13.2 Å². The van der Waals surface area contributed by atoms with Crippen molar-refractivity contribution in [2.75, 3.05) is 7.11 Å². The summed E-state index contributed by atoms with van der Waals surface area (Å²) in [6.07, 6.45) is 0.670. The molecule has 0 amide bonds. The molecule has 1 aromatic heterocycles. The van der Waals surface area contributed by atoms with E-state index in [0.717, 1.165) is 11.3 Å². The summed E-state index contributed by atoms with van der Waals surface area (Å²) in [4.78, 5) is 0. The SMILES string of the molecule is COc1ccc(CC(N)c2nn[nH]n2)cc1. The lowest BCUT2D eigenvalue weighted by atomic mass is 10.1. The number of nitrogens with one attached hydrogen (secondary N) is 1. The normalized spacial score (nSPS) is 12.4. The van der Waals surface area contributed by atoms with Crippen molar-refractivity contribution in [3.63, 3.8) is 0 Å². The predicted molar refractivity (Wildman–Crippen MR) is 57.8 cm³/mol. The lowest BCUT2D eigenvalue weighted by molar-refractivity contribution is 0.414. The molecule has 2 aromatic rings. The Balaban J connectivity index is 2.03. The zero-order valence-electron chi connectivity index (χ0n) is 8.92. The summed E-state index contributed by atoms with van der Waals surface area (Å²) in [5, 5.41) is 13.6. The number of benzene rings is 1. The molecule has 3 N–H and O–H groups in total. The number of aromatic amines is 1. The van der Waals surface area contributed by atoms with E-state index in [4.69, 9.17) is 10.5 Å². The standard InChI is InChI=1S/C10H13N5O/c1-16-8-4-2-7(3-5-8)6-9(11)10-12-14-15-13-10/h2-5,9H,6,11H2,1H3,(H,12,13,14,15). The van der Waals surface area contributed by atoms with E-state index < -0.39 is 0 Å². The number of ether oxygens (including phenoxy) is 1. The highest BCUT2D eigenvalue weighted by Crippen LogP contribution is 2.15. The van der Waals surface area contributed by atoms with Gasteiger partial charge in [-0.05, 0) is 24.1 Å². The Morgan fingerprint density at radius 3 is 2.69 bits per heavy atom. The number of tetrazole rings is 1. The van der Waals surface area contributed by atoms with Gasteiger partial charge in [-0.3, -0.25) is 0 Å². The fraction of sp³-hybridized carbons (Fsp3) is 0.300. The van der Waals surface area contributed by atoms with Crippen molar-refractivity contribution in [3.8, 4) is 5.75 Å². The molecule has 1 atom stereocenters. The van der Waals surface area contributed by atoms with Crippen LogP contribution in [-0.2, 0) is 6.42 Å². The molecule has 0 aliphatic heterocycles. The molecule has 0 saturated heterocycles. The Morgan fingerprint density at radius 2 is 2.12 bits per heavy atom. The highest BCUT2D eigenvalue weighted by molar-refractivity contribution is 5.27. The van der Waals surface area contributed by atoms with Gasteiger partial charge in [0.25, 0.3) is 0 Å². The minimum atomic E-state index is -0.243. The van der Waals surface area contributed by atoms with Gasteiger partial charge in [-0.25, -0.2) is 0 Å². The van der Waals surface area contributed by atoms with E-state index in [0.29, 0.717) is 12.2 Å². The highest BCUT2D eigenvalue weighted by atomic mass is 16.5. The molecule has 0 aliphatic carbocycles. The maximum absolute atomic E-state index is 5.93. The summed E-state index contributed by atoms with van der Waals surface area (Å²) in [6, 6.07) is 7.50. The largest absolute Gasteiger partial charge is 0.497 e. The molecule has 6 heteroatoms. The van der Waals surface area contributed by atoms with Crippen LogP contribution in [0.4, 0.5) is 0 Å². The van der Waals surface area contributed by atoms with Gasteiger partial charge in [0.15, 0.2) is 5.82 Å². The Morgan fingerprint density at radius 1 is 1.38 bits per heavy atom. The van der Waals surface area contributed by atoms with E-state index in [1.165, 1.54) is 0 Å². The molecule has 0 saturated carbocycles. The first-order valence-corrected chi connectivity index (χ1v) is 4.91. The maximum atomic E-state index is 5.93. The van der Waals surface area contributed by atoms with Gasteiger partial charge < -0.3 is 10.5 Å². The fourth-order valence-electron chi connectivity index (χ4n) is 1.43. The smallest absolute Gasteiger partial charge is 0.191 e. The average molecular weight is 219 g/mol. The molecule has 0 bridgehead atoms. The molecule has 0 fully saturated rings. The Labute approximate surface area is 92.8 Å². The highest BCUT2D eigenvalue weighted by Gasteiger charge is 2.11. The molecular formula is C10H13N5O. The summed E-state index contributed by atoms with van der Waals surface area (Å²) in [7, 11) is 1.64. The quantitative estimate of drug-likeness (QED) is 0.779. The number of hydrogen-bond donors (Lipinski definition) is 2. The summed E-state index contributed by atoms with van der Waals surface area (Å²) in [5.74, 6) is 1.35. The van der Waals surface area contributed by atoms with Gasteiger partial charge in [-0.2, -0.15) is 5.21 Å². The first-order chi connectivity index (χ1) is 7.79. The van der Waals surface area contributed by atoms with E-state index in [-0.39, 0.29) is 6.04 Å². The molecular weight excluding hydrogens is 206 g/mol. The van der Waals surface area contributed by atoms with Gasteiger partial charge in [0.2, 0.25) is 0 Å². The van der Waals surface area contributed by atoms with E-state index in [1.54, 1.807) is 7.11 Å². The summed E-state index contributed by atoms with van der Waals surface area (Å²) in [5.41, 5.74) is 7.04. The van der Waals surface area contributed by atoms with Gasteiger partial charge in [0.1, 0.15) is 5.75 Å². The lowest BCUT2D eigenvalue weighted by Crippen LogP contribution is -2.15. The Bertz CT molecular complexity index is 425. The minimum Gasteiger partial charge on any atom is -0.497 e. The third-order valence-electron chi connectivity index (χ3n) is 2.31. The number of rotatable bonds is 4. The van der Waals surface area contributed by atoms with Crippen LogP contribution in [0.3, 0.4) is 0 Å². The predicted octanol–water partition coefficient (Wildman–Crippen LogP) is 0.451. The second-order valence-corrected chi connectivity index (χ2v) is 3.43. The molecule has 1 heterocycles.